The van der Waals surface area contributed by atoms with Gasteiger partial charge in [-0.3, -0.25) is 0 Å². The summed E-state index contributed by atoms with van der Waals surface area (Å²) in [5.41, 5.74) is 2.01. The highest BCUT2D eigenvalue weighted by molar-refractivity contribution is 5.91. The minimum Gasteiger partial charge on any atom is -0.508 e. The SMILES string of the molecule is COC(=O)c1ccc2c(c1)C(O)=CC2(C)C. The summed E-state index contributed by atoms with van der Waals surface area (Å²) in [4.78, 5) is 11.4. The van der Waals surface area contributed by atoms with E-state index in [4.69, 9.17) is 0 Å². The van der Waals surface area contributed by atoms with Gasteiger partial charge in [-0.1, -0.05) is 19.9 Å². The number of carbonyl (C=O) groups excluding carboxylic acids is 1. The second kappa shape index (κ2) is 3.37. The second-order valence-electron chi connectivity index (χ2n) is 4.50. The number of aliphatic hydroxyl groups excluding tert-OH is 1. The van der Waals surface area contributed by atoms with Gasteiger partial charge in [0.05, 0.1) is 12.7 Å². The van der Waals surface area contributed by atoms with Gasteiger partial charge in [-0.2, -0.15) is 0 Å². The topological polar surface area (TPSA) is 46.5 Å². The van der Waals surface area contributed by atoms with Gasteiger partial charge >= 0.3 is 5.97 Å². The highest BCUT2D eigenvalue weighted by Gasteiger charge is 2.30. The summed E-state index contributed by atoms with van der Waals surface area (Å²) in [7, 11) is 1.34. The normalized spacial score (nSPS) is 16.6. The molecule has 0 spiro atoms. The summed E-state index contributed by atoms with van der Waals surface area (Å²) in [6.07, 6.45) is 1.79. The Labute approximate surface area is 94.4 Å². The lowest BCUT2D eigenvalue weighted by atomic mass is 9.87. The Balaban J connectivity index is 2.54. The molecule has 1 N–H and O–H groups in total. The molecule has 0 saturated carbocycles. The molecule has 0 bridgehead atoms. The van der Waals surface area contributed by atoms with Crippen LogP contribution in [0.2, 0.25) is 0 Å². The molecule has 0 aromatic heterocycles. The molecule has 3 heteroatoms. The molecule has 16 heavy (non-hydrogen) atoms. The molecular formula is C13H14O3. The van der Waals surface area contributed by atoms with Gasteiger partial charge in [0.25, 0.3) is 0 Å². The summed E-state index contributed by atoms with van der Waals surface area (Å²) >= 11 is 0. The zero-order chi connectivity index (χ0) is 11.9. The maximum absolute atomic E-state index is 11.4. The number of aliphatic hydroxyl groups is 1. The van der Waals surface area contributed by atoms with E-state index in [2.05, 4.69) is 4.74 Å². The summed E-state index contributed by atoms with van der Waals surface area (Å²) in [5.74, 6) is -0.161. The van der Waals surface area contributed by atoms with E-state index >= 15 is 0 Å². The monoisotopic (exact) mass is 218 g/mol. The lowest BCUT2D eigenvalue weighted by Crippen LogP contribution is -2.11. The molecule has 0 radical (unpaired) electrons. The molecule has 0 unspecified atom stereocenters. The summed E-state index contributed by atoms with van der Waals surface area (Å²) in [5, 5.41) is 9.80. The number of methoxy groups -OCH3 is 1. The molecule has 1 aliphatic carbocycles. The maximum Gasteiger partial charge on any atom is 0.337 e. The van der Waals surface area contributed by atoms with Gasteiger partial charge in [-0.15, -0.1) is 0 Å². The molecule has 84 valence electrons. The lowest BCUT2D eigenvalue weighted by molar-refractivity contribution is 0.0600. The average molecular weight is 218 g/mol. The highest BCUT2D eigenvalue weighted by atomic mass is 16.5. The fourth-order valence-corrected chi connectivity index (χ4v) is 2.06. The van der Waals surface area contributed by atoms with Crippen LogP contribution >= 0.6 is 0 Å². The fraction of sp³-hybridized carbons (Fsp3) is 0.308. The van der Waals surface area contributed by atoms with Crippen molar-refractivity contribution in [1.29, 1.82) is 0 Å². The van der Waals surface area contributed by atoms with Crippen LogP contribution in [0.1, 0.15) is 35.3 Å². The van der Waals surface area contributed by atoms with Crippen molar-refractivity contribution in [2.24, 2.45) is 0 Å². The standard InChI is InChI=1S/C13H14O3/c1-13(2)7-11(14)9-6-8(12(15)16-3)4-5-10(9)13/h4-7,14H,1-3H3. The minimum absolute atomic E-state index is 0.186. The van der Waals surface area contributed by atoms with Gasteiger partial charge in [0.1, 0.15) is 5.76 Å². The first-order valence-electron chi connectivity index (χ1n) is 5.11. The van der Waals surface area contributed by atoms with Crippen molar-refractivity contribution in [3.8, 4) is 0 Å². The van der Waals surface area contributed by atoms with Crippen molar-refractivity contribution in [3.63, 3.8) is 0 Å². The van der Waals surface area contributed by atoms with Gasteiger partial charge in [-0.25, -0.2) is 4.79 Å². The molecule has 0 aliphatic heterocycles. The number of carbonyl (C=O) groups is 1. The molecule has 0 fully saturated rings. The van der Waals surface area contributed by atoms with Crippen molar-refractivity contribution in [2.45, 2.75) is 19.3 Å². The van der Waals surface area contributed by atoms with Crippen LogP contribution in [-0.2, 0) is 10.2 Å². The number of ether oxygens (including phenoxy) is 1. The average Bonchev–Trinajstić information content (AvgIpc) is 2.48. The smallest absolute Gasteiger partial charge is 0.337 e. The summed E-state index contributed by atoms with van der Waals surface area (Å²) < 4.78 is 4.64. The first-order chi connectivity index (χ1) is 7.45. The Kier molecular flexibility index (Phi) is 2.26. The third kappa shape index (κ3) is 1.48. The van der Waals surface area contributed by atoms with Crippen LogP contribution in [0, 0.1) is 0 Å². The van der Waals surface area contributed by atoms with Gasteiger partial charge in [0, 0.05) is 11.0 Å². The zero-order valence-electron chi connectivity index (χ0n) is 9.57. The predicted molar refractivity (Wildman–Crippen MR) is 61.4 cm³/mol. The van der Waals surface area contributed by atoms with Crippen LogP contribution in [0.3, 0.4) is 0 Å². The van der Waals surface area contributed by atoms with E-state index in [1.165, 1.54) is 7.11 Å². The maximum atomic E-state index is 11.4. The van der Waals surface area contributed by atoms with Crippen molar-refractivity contribution in [1.82, 2.24) is 0 Å². The molecule has 0 heterocycles. The number of fused-ring (bicyclic) bond motifs is 1. The molecule has 2 rings (SSSR count). The third-order valence-corrected chi connectivity index (χ3v) is 2.91. The van der Waals surface area contributed by atoms with Crippen LogP contribution in [0.25, 0.3) is 5.76 Å². The van der Waals surface area contributed by atoms with Crippen LogP contribution in [0.5, 0.6) is 0 Å². The highest BCUT2D eigenvalue weighted by Crippen LogP contribution is 2.39. The molecule has 1 aromatic carbocycles. The Bertz CT molecular complexity index is 484. The van der Waals surface area contributed by atoms with E-state index in [-0.39, 0.29) is 17.1 Å². The van der Waals surface area contributed by atoms with E-state index in [0.717, 1.165) is 5.56 Å². The van der Waals surface area contributed by atoms with Gasteiger partial charge in [0.15, 0.2) is 0 Å². The first kappa shape index (κ1) is 10.7. The first-order valence-corrected chi connectivity index (χ1v) is 5.11. The van der Waals surface area contributed by atoms with E-state index in [1.807, 2.05) is 19.9 Å². The molecule has 0 atom stereocenters. The van der Waals surface area contributed by atoms with Crippen LogP contribution in [-0.4, -0.2) is 18.2 Å². The predicted octanol–water partition coefficient (Wildman–Crippen LogP) is 2.66. The number of allylic oxidation sites excluding steroid dienone is 1. The number of benzene rings is 1. The zero-order valence-corrected chi connectivity index (χ0v) is 9.57. The van der Waals surface area contributed by atoms with Crippen molar-refractivity contribution < 1.29 is 14.6 Å². The number of hydrogen-bond acceptors (Lipinski definition) is 3. The van der Waals surface area contributed by atoms with Gasteiger partial charge in [-0.05, 0) is 23.8 Å². The van der Waals surface area contributed by atoms with Gasteiger partial charge < -0.3 is 9.84 Å². The molecule has 3 nitrogen and oxygen atoms in total. The Hall–Kier alpha value is -1.77. The molecule has 0 amide bonds. The molecule has 1 aliphatic rings. The summed E-state index contributed by atoms with van der Waals surface area (Å²) in [6, 6.07) is 5.25. The molecule has 0 saturated heterocycles. The largest absolute Gasteiger partial charge is 0.508 e. The third-order valence-electron chi connectivity index (χ3n) is 2.91. The Morgan fingerprint density at radius 3 is 2.69 bits per heavy atom. The van der Waals surface area contributed by atoms with Crippen molar-refractivity contribution in [3.05, 3.63) is 41.0 Å². The second-order valence-corrected chi connectivity index (χ2v) is 4.50. The Morgan fingerprint density at radius 1 is 1.38 bits per heavy atom. The number of rotatable bonds is 1. The van der Waals surface area contributed by atoms with Crippen LogP contribution < -0.4 is 0 Å². The van der Waals surface area contributed by atoms with Crippen LogP contribution in [0.15, 0.2) is 24.3 Å². The minimum atomic E-state index is -0.389. The van der Waals surface area contributed by atoms with E-state index < -0.39 is 0 Å². The van der Waals surface area contributed by atoms with Crippen molar-refractivity contribution in [2.75, 3.05) is 7.11 Å². The fourth-order valence-electron chi connectivity index (χ4n) is 2.06. The lowest BCUT2D eigenvalue weighted by Gasteiger charge is -2.16. The van der Waals surface area contributed by atoms with E-state index in [9.17, 15) is 9.90 Å². The number of esters is 1. The van der Waals surface area contributed by atoms with Gasteiger partial charge in [0.2, 0.25) is 0 Å². The quantitative estimate of drug-likeness (QED) is 0.737. The van der Waals surface area contributed by atoms with E-state index in [1.54, 1.807) is 18.2 Å². The number of hydrogen-bond donors (Lipinski definition) is 1. The Morgan fingerprint density at radius 2 is 2.06 bits per heavy atom. The molecule has 1 aromatic rings. The van der Waals surface area contributed by atoms with Crippen molar-refractivity contribution >= 4 is 11.7 Å². The van der Waals surface area contributed by atoms with Crippen LogP contribution in [0.4, 0.5) is 0 Å². The van der Waals surface area contributed by atoms with E-state index in [0.29, 0.717) is 11.1 Å². The summed E-state index contributed by atoms with van der Waals surface area (Å²) in [6.45, 7) is 4.04. The molecular weight excluding hydrogens is 204 g/mol.